The summed E-state index contributed by atoms with van der Waals surface area (Å²) in [5.41, 5.74) is 0.758. The van der Waals surface area contributed by atoms with Gasteiger partial charge in [-0.25, -0.2) is 0 Å². The van der Waals surface area contributed by atoms with Gasteiger partial charge in [-0.05, 0) is 49.9 Å². The van der Waals surface area contributed by atoms with E-state index in [1.54, 1.807) is 0 Å². The van der Waals surface area contributed by atoms with Gasteiger partial charge in [0.1, 0.15) is 0 Å². The third kappa shape index (κ3) is 2.14. The Hall–Kier alpha value is -0.0800. The predicted octanol–water partition coefficient (Wildman–Crippen LogP) is 2.41. The zero-order valence-electron chi connectivity index (χ0n) is 10.3. The highest BCUT2D eigenvalue weighted by Gasteiger charge is 2.44. The number of hydrogen-bond donors (Lipinski definition) is 1. The van der Waals surface area contributed by atoms with Crippen molar-refractivity contribution in [1.82, 2.24) is 4.90 Å². The van der Waals surface area contributed by atoms with Gasteiger partial charge in [0.05, 0.1) is 6.10 Å². The molecule has 3 aliphatic rings. The first-order valence-corrected chi connectivity index (χ1v) is 7.16. The molecule has 1 spiro atoms. The lowest BCUT2D eigenvalue weighted by Crippen LogP contribution is -2.56. The summed E-state index contributed by atoms with van der Waals surface area (Å²) in [6.07, 6.45) is 10.5. The van der Waals surface area contributed by atoms with Crippen molar-refractivity contribution in [2.45, 2.75) is 57.5 Å². The van der Waals surface area contributed by atoms with Crippen molar-refractivity contribution in [1.29, 1.82) is 0 Å². The van der Waals surface area contributed by atoms with E-state index in [9.17, 15) is 5.11 Å². The fourth-order valence-electron chi connectivity index (χ4n) is 4.17. The smallest absolute Gasteiger partial charge is 0.0540 e. The van der Waals surface area contributed by atoms with Crippen LogP contribution in [0.5, 0.6) is 0 Å². The van der Waals surface area contributed by atoms with Crippen molar-refractivity contribution in [3.8, 4) is 0 Å². The van der Waals surface area contributed by atoms with Crippen LogP contribution in [0.4, 0.5) is 0 Å². The molecular formula is C14H25NO. The van der Waals surface area contributed by atoms with Gasteiger partial charge in [0.15, 0.2) is 0 Å². The van der Waals surface area contributed by atoms with E-state index in [2.05, 4.69) is 4.90 Å². The minimum absolute atomic E-state index is 0.00816. The van der Waals surface area contributed by atoms with E-state index >= 15 is 0 Å². The molecule has 0 unspecified atom stereocenters. The highest BCUT2D eigenvalue weighted by atomic mass is 16.3. The largest absolute Gasteiger partial charge is 0.393 e. The van der Waals surface area contributed by atoms with Gasteiger partial charge in [-0.2, -0.15) is 0 Å². The summed E-state index contributed by atoms with van der Waals surface area (Å²) in [6.45, 7) is 4.08. The molecule has 92 valence electrons. The van der Waals surface area contributed by atoms with Gasteiger partial charge >= 0.3 is 0 Å². The van der Waals surface area contributed by atoms with Gasteiger partial charge in [-0.3, -0.25) is 0 Å². The molecule has 16 heavy (non-hydrogen) atoms. The molecule has 1 aliphatic heterocycles. The van der Waals surface area contributed by atoms with Gasteiger partial charge in [-0.15, -0.1) is 0 Å². The van der Waals surface area contributed by atoms with Crippen molar-refractivity contribution >= 4 is 0 Å². The Labute approximate surface area is 99.0 Å². The van der Waals surface area contributed by atoms with E-state index in [1.807, 2.05) is 0 Å². The molecule has 2 saturated carbocycles. The Morgan fingerprint density at radius 3 is 2.25 bits per heavy atom. The second kappa shape index (κ2) is 4.30. The second-order valence-corrected chi connectivity index (χ2v) is 6.55. The molecule has 0 aromatic heterocycles. The van der Waals surface area contributed by atoms with Crippen molar-refractivity contribution in [2.75, 3.05) is 19.6 Å². The molecule has 1 saturated heterocycles. The van der Waals surface area contributed by atoms with Crippen LogP contribution < -0.4 is 0 Å². The van der Waals surface area contributed by atoms with E-state index in [0.717, 1.165) is 24.2 Å². The fraction of sp³-hybridized carbons (Fsp3) is 1.00. The van der Waals surface area contributed by atoms with Crippen LogP contribution in [-0.4, -0.2) is 35.7 Å². The minimum Gasteiger partial charge on any atom is -0.393 e. The molecule has 3 fully saturated rings. The lowest BCUT2D eigenvalue weighted by atomic mass is 9.77. The Balaban J connectivity index is 1.41. The van der Waals surface area contributed by atoms with Crippen LogP contribution in [0.3, 0.4) is 0 Å². The molecule has 3 rings (SSSR count). The maximum Gasteiger partial charge on any atom is 0.0540 e. The Kier molecular flexibility index (Phi) is 2.97. The average Bonchev–Trinajstić information content (AvgIpc) is 2.70. The van der Waals surface area contributed by atoms with E-state index in [-0.39, 0.29) is 6.10 Å². The van der Waals surface area contributed by atoms with Gasteiger partial charge in [0, 0.05) is 19.6 Å². The summed E-state index contributed by atoms with van der Waals surface area (Å²) in [5, 5.41) is 9.49. The van der Waals surface area contributed by atoms with Crippen molar-refractivity contribution in [2.24, 2.45) is 11.3 Å². The number of rotatable bonds is 2. The maximum absolute atomic E-state index is 9.49. The molecule has 0 bridgehead atoms. The fourth-order valence-corrected chi connectivity index (χ4v) is 4.17. The van der Waals surface area contributed by atoms with Gasteiger partial charge in [0.25, 0.3) is 0 Å². The summed E-state index contributed by atoms with van der Waals surface area (Å²) >= 11 is 0. The van der Waals surface area contributed by atoms with Gasteiger partial charge in [0.2, 0.25) is 0 Å². The first-order chi connectivity index (χ1) is 7.76. The SMILES string of the molecule is OC1CCC(CN2CC3(CCCC3)C2)CC1. The van der Waals surface area contributed by atoms with Crippen LogP contribution >= 0.6 is 0 Å². The third-order valence-electron chi connectivity index (χ3n) is 5.11. The lowest BCUT2D eigenvalue weighted by Gasteiger charge is -2.50. The minimum atomic E-state index is 0.00816. The first-order valence-electron chi connectivity index (χ1n) is 7.16. The molecule has 0 aromatic carbocycles. The second-order valence-electron chi connectivity index (χ2n) is 6.55. The van der Waals surface area contributed by atoms with Crippen molar-refractivity contribution < 1.29 is 5.11 Å². The summed E-state index contributed by atoms with van der Waals surface area (Å²) in [5.74, 6) is 0.877. The zero-order chi connectivity index (χ0) is 11.0. The van der Waals surface area contributed by atoms with Crippen LogP contribution in [0.25, 0.3) is 0 Å². The van der Waals surface area contributed by atoms with Crippen LogP contribution in [0, 0.1) is 11.3 Å². The van der Waals surface area contributed by atoms with E-state index < -0.39 is 0 Å². The molecule has 0 amide bonds. The monoisotopic (exact) mass is 223 g/mol. The molecule has 0 atom stereocenters. The molecule has 2 nitrogen and oxygen atoms in total. The number of aliphatic hydroxyl groups is 1. The molecule has 2 heteroatoms. The molecule has 0 radical (unpaired) electrons. The highest BCUT2D eigenvalue weighted by molar-refractivity contribution is 4.98. The van der Waals surface area contributed by atoms with Crippen molar-refractivity contribution in [3.63, 3.8) is 0 Å². The number of aliphatic hydroxyl groups excluding tert-OH is 1. The summed E-state index contributed by atoms with van der Waals surface area (Å²) in [6, 6.07) is 0. The van der Waals surface area contributed by atoms with Gasteiger partial charge < -0.3 is 10.0 Å². The molecule has 0 aromatic rings. The molecular weight excluding hydrogens is 198 g/mol. The Morgan fingerprint density at radius 2 is 1.62 bits per heavy atom. The van der Waals surface area contributed by atoms with Crippen LogP contribution in [0.2, 0.25) is 0 Å². The van der Waals surface area contributed by atoms with Crippen LogP contribution in [0.1, 0.15) is 51.4 Å². The normalized spacial score (nSPS) is 38.8. The molecule has 1 heterocycles. The number of nitrogens with zero attached hydrogens (tertiary/aromatic N) is 1. The molecule has 2 aliphatic carbocycles. The molecule has 1 N–H and O–H groups in total. The van der Waals surface area contributed by atoms with Gasteiger partial charge in [-0.1, -0.05) is 12.8 Å². The Bertz CT molecular complexity index is 231. The lowest BCUT2D eigenvalue weighted by molar-refractivity contribution is -0.0140. The van der Waals surface area contributed by atoms with E-state index in [0.29, 0.717) is 0 Å². The van der Waals surface area contributed by atoms with E-state index in [4.69, 9.17) is 0 Å². The summed E-state index contributed by atoms with van der Waals surface area (Å²) in [7, 11) is 0. The predicted molar refractivity (Wildman–Crippen MR) is 65.3 cm³/mol. The summed E-state index contributed by atoms with van der Waals surface area (Å²) in [4.78, 5) is 2.67. The quantitative estimate of drug-likeness (QED) is 0.777. The number of hydrogen-bond acceptors (Lipinski definition) is 2. The zero-order valence-corrected chi connectivity index (χ0v) is 10.3. The average molecular weight is 223 g/mol. The van der Waals surface area contributed by atoms with E-state index in [1.165, 1.54) is 58.2 Å². The number of likely N-dealkylation sites (tertiary alicyclic amines) is 1. The van der Waals surface area contributed by atoms with Crippen molar-refractivity contribution in [3.05, 3.63) is 0 Å². The Morgan fingerprint density at radius 1 is 1.00 bits per heavy atom. The van der Waals surface area contributed by atoms with Crippen LogP contribution in [-0.2, 0) is 0 Å². The first kappa shape index (κ1) is 11.0. The summed E-state index contributed by atoms with van der Waals surface area (Å²) < 4.78 is 0. The van der Waals surface area contributed by atoms with Crippen LogP contribution in [0.15, 0.2) is 0 Å². The third-order valence-corrected chi connectivity index (χ3v) is 5.11. The standard InChI is InChI=1S/C14H25NO/c16-13-5-3-12(4-6-13)9-15-10-14(11-15)7-1-2-8-14/h12-13,16H,1-11H2. The highest BCUT2D eigenvalue weighted by Crippen LogP contribution is 2.45. The topological polar surface area (TPSA) is 23.5 Å². The maximum atomic E-state index is 9.49.